The molecule has 4 nitrogen and oxygen atoms in total. The molecule has 0 saturated carbocycles. The molecule has 2 aliphatic rings. The van der Waals surface area contributed by atoms with Gasteiger partial charge in [0.05, 0.1) is 17.3 Å². The van der Waals surface area contributed by atoms with Crippen molar-refractivity contribution in [2.24, 2.45) is 0 Å². The maximum Gasteiger partial charge on any atom is 0.101 e. The van der Waals surface area contributed by atoms with Gasteiger partial charge < -0.3 is 15.1 Å². The van der Waals surface area contributed by atoms with Crippen LogP contribution >= 0.6 is 23.2 Å². The second-order valence-electron chi connectivity index (χ2n) is 8.69. The van der Waals surface area contributed by atoms with Crippen molar-refractivity contribution >= 4 is 34.6 Å². The minimum absolute atomic E-state index is 0.0445. The molecule has 164 valence electrons. The summed E-state index contributed by atoms with van der Waals surface area (Å²) < 4.78 is 0. The molecule has 0 aliphatic carbocycles. The maximum atomic E-state index is 9.62. The van der Waals surface area contributed by atoms with Gasteiger partial charge in [0.15, 0.2) is 0 Å². The zero-order valence-electron chi connectivity index (χ0n) is 18.1. The fourth-order valence-corrected chi connectivity index (χ4v) is 5.45. The van der Waals surface area contributed by atoms with Gasteiger partial charge in [-0.25, -0.2) is 0 Å². The first-order chi connectivity index (χ1) is 15.0. The van der Waals surface area contributed by atoms with E-state index in [1.807, 2.05) is 25.1 Å². The number of benzene rings is 2. The van der Waals surface area contributed by atoms with Gasteiger partial charge in [-0.2, -0.15) is 5.26 Å². The van der Waals surface area contributed by atoms with Crippen LogP contribution in [0.4, 0.5) is 11.4 Å². The summed E-state index contributed by atoms with van der Waals surface area (Å²) in [6, 6.07) is 14.6. The van der Waals surface area contributed by atoms with Crippen LogP contribution in [-0.4, -0.2) is 37.1 Å². The topological polar surface area (TPSA) is 42.3 Å². The highest BCUT2D eigenvalue weighted by Crippen LogP contribution is 2.32. The molecule has 1 N–H and O–H groups in total. The van der Waals surface area contributed by atoms with E-state index in [2.05, 4.69) is 33.3 Å². The molecule has 0 unspecified atom stereocenters. The predicted octanol–water partition coefficient (Wildman–Crippen LogP) is 6.49. The SMILES string of the molecule is C[C@@H](Nc1cc(N2CCC(N3CCCCC3)CC2)ccc1C#N)c1ccc(Cl)cc1Cl. The summed E-state index contributed by atoms with van der Waals surface area (Å²) in [5.74, 6) is 0. The van der Waals surface area contributed by atoms with Crippen molar-refractivity contribution in [3.63, 3.8) is 0 Å². The molecule has 2 heterocycles. The normalized spacial score (nSPS) is 19.1. The molecule has 4 rings (SSSR count). The number of rotatable bonds is 5. The number of nitriles is 1. The second-order valence-corrected chi connectivity index (χ2v) is 9.53. The standard InChI is InChI=1S/C25H30Cl2N4/c1-18(23-8-6-20(26)15-24(23)27)29-25-16-22(7-5-19(25)17-28)31-13-9-21(10-14-31)30-11-3-2-4-12-30/h5-8,15-16,18,21,29H,2-4,9-14H2,1H3/t18-/m1/s1. The lowest BCUT2D eigenvalue weighted by atomic mass is 9.99. The molecule has 0 radical (unpaired) electrons. The van der Waals surface area contributed by atoms with Crippen LogP contribution in [0.2, 0.25) is 10.0 Å². The lowest BCUT2D eigenvalue weighted by Crippen LogP contribution is -2.46. The highest BCUT2D eigenvalue weighted by molar-refractivity contribution is 6.35. The van der Waals surface area contributed by atoms with Crippen LogP contribution in [-0.2, 0) is 0 Å². The van der Waals surface area contributed by atoms with Crippen LogP contribution < -0.4 is 10.2 Å². The van der Waals surface area contributed by atoms with Gasteiger partial charge >= 0.3 is 0 Å². The van der Waals surface area contributed by atoms with Gasteiger partial charge in [0, 0.05) is 34.9 Å². The molecule has 2 aliphatic heterocycles. The third kappa shape index (κ3) is 5.29. The Morgan fingerprint density at radius 1 is 1.00 bits per heavy atom. The summed E-state index contributed by atoms with van der Waals surface area (Å²) in [7, 11) is 0. The minimum atomic E-state index is -0.0445. The molecule has 2 aromatic carbocycles. The molecule has 31 heavy (non-hydrogen) atoms. The Hall–Kier alpha value is -1.93. The van der Waals surface area contributed by atoms with Gasteiger partial charge in [-0.05, 0) is 81.6 Å². The van der Waals surface area contributed by atoms with E-state index < -0.39 is 0 Å². The first-order valence-electron chi connectivity index (χ1n) is 11.3. The molecule has 2 aromatic rings. The first-order valence-corrected chi connectivity index (χ1v) is 12.1. The largest absolute Gasteiger partial charge is 0.377 e. The molecule has 0 amide bonds. The van der Waals surface area contributed by atoms with Gasteiger partial charge in [0.2, 0.25) is 0 Å². The number of nitrogens with zero attached hydrogens (tertiary/aromatic N) is 3. The highest BCUT2D eigenvalue weighted by Gasteiger charge is 2.26. The Labute approximate surface area is 195 Å². The number of anilines is 2. The van der Waals surface area contributed by atoms with Crippen LogP contribution in [0.5, 0.6) is 0 Å². The van der Waals surface area contributed by atoms with Crippen LogP contribution in [0.1, 0.15) is 56.2 Å². The molecular formula is C25H30Cl2N4. The number of hydrogen-bond donors (Lipinski definition) is 1. The minimum Gasteiger partial charge on any atom is -0.377 e. The smallest absolute Gasteiger partial charge is 0.101 e. The van der Waals surface area contributed by atoms with Gasteiger partial charge in [0.25, 0.3) is 0 Å². The van der Waals surface area contributed by atoms with Crippen LogP contribution in [0, 0.1) is 11.3 Å². The third-order valence-corrected chi connectivity index (χ3v) is 7.22. The summed E-state index contributed by atoms with van der Waals surface area (Å²) in [6.07, 6.45) is 6.50. The lowest BCUT2D eigenvalue weighted by Gasteiger charge is -2.41. The van der Waals surface area contributed by atoms with Gasteiger partial charge in [-0.3, -0.25) is 0 Å². The molecule has 2 saturated heterocycles. The predicted molar refractivity (Wildman–Crippen MR) is 130 cm³/mol. The Kier molecular flexibility index (Phi) is 7.27. The fraction of sp³-hybridized carbons (Fsp3) is 0.480. The fourth-order valence-electron chi connectivity index (χ4n) is 4.88. The Morgan fingerprint density at radius 2 is 1.74 bits per heavy atom. The van der Waals surface area contributed by atoms with Crippen LogP contribution in [0.25, 0.3) is 0 Å². The van der Waals surface area contributed by atoms with Crippen molar-refractivity contribution in [2.75, 3.05) is 36.4 Å². The Morgan fingerprint density at radius 3 is 2.42 bits per heavy atom. The van der Waals surface area contributed by atoms with Crippen LogP contribution in [0.15, 0.2) is 36.4 Å². The zero-order valence-corrected chi connectivity index (χ0v) is 19.6. The van der Waals surface area contributed by atoms with Crippen molar-refractivity contribution in [1.82, 2.24) is 4.90 Å². The van der Waals surface area contributed by atoms with Crippen molar-refractivity contribution in [1.29, 1.82) is 5.26 Å². The Balaban J connectivity index is 1.46. The van der Waals surface area contributed by atoms with Gasteiger partial charge in [-0.1, -0.05) is 35.7 Å². The van der Waals surface area contributed by atoms with Crippen molar-refractivity contribution in [3.8, 4) is 6.07 Å². The van der Waals surface area contributed by atoms with E-state index >= 15 is 0 Å². The second kappa shape index (κ2) is 10.1. The number of piperidine rings is 2. The number of halogens is 2. The molecule has 1 atom stereocenters. The average molecular weight is 457 g/mol. The third-order valence-electron chi connectivity index (χ3n) is 6.66. The zero-order chi connectivity index (χ0) is 21.8. The monoisotopic (exact) mass is 456 g/mol. The molecule has 0 spiro atoms. The molecular weight excluding hydrogens is 427 g/mol. The number of likely N-dealkylation sites (tertiary alicyclic amines) is 1. The van der Waals surface area contributed by atoms with E-state index in [4.69, 9.17) is 23.2 Å². The summed E-state index contributed by atoms with van der Waals surface area (Å²) in [5.41, 5.74) is 3.62. The van der Waals surface area contributed by atoms with Crippen molar-refractivity contribution < 1.29 is 0 Å². The van der Waals surface area contributed by atoms with E-state index in [1.54, 1.807) is 6.07 Å². The summed E-state index contributed by atoms with van der Waals surface area (Å²) in [6.45, 7) is 6.70. The summed E-state index contributed by atoms with van der Waals surface area (Å²) in [4.78, 5) is 5.15. The summed E-state index contributed by atoms with van der Waals surface area (Å²) >= 11 is 12.4. The number of hydrogen-bond acceptors (Lipinski definition) is 4. The molecule has 0 bridgehead atoms. The van der Waals surface area contributed by atoms with Crippen LogP contribution in [0.3, 0.4) is 0 Å². The van der Waals surface area contributed by atoms with E-state index in [1.165, 1.54) is 50.9 Å². The average Bonchev–Trinajstić information content (AvgIpc) is 2.79. The van der Waals surface area contributed by atoms with Crippen molar-refractivity contribution in [3.05, 3.63) is 57.6 Å². The summed E-state index contributed by atoms with van der Waals surface area (Å²) in [5, 5.41) is 14.4. The quantitative estimate of drug-likeness (QED) is 0.557. The molecule has 2 fully saturated rings. The lowest BCUT2D eigenvalue weighted by molar-refractivity contribution is 0.141. The first kappa shape index (κ1) is 22.3. The van der Waals surface area contributed by atoms with Gasteiger partial charge in [0.1, 0.15) is 6.07 Å². The maximum absolute atomic E-state index is 9.62. The van der Waals surface area contributed by atoms with E-state index in [-0.39, 0.29) is 6.04 Å². The molecule has 6 heteroatoms. The van der Waals surface area contributed by atoms with E-state index in [0.717, 1.165) is 30.4 Å². The van der Waals surface area contributed by atoms with E-state index in [9.17, 15) is 5.26 Å². The van der Waals surface area contributed by atoms with E-state index in [0.29, 0.717) is 15.6 Å². The Bertz CT molecular complexity index is 941. The van der Waals surface area contributed by atoms with Crippen molar-refractivity contribution in [2.45, 2.75) is 51.1 Å². The van der Waals surface area contributed by atoms with Gasteiger partial charge in [-0.15, -0.1) is 0 Å². The molecule has 0 aromatic heterocycles. The number of nitrogens with one attached hydrogen (secondary N) is 1. The highest BCUT2D eigenvalue weighted by atomic mass is 35.5.